The fourth-order valence-electron chi connectivity index (χ4n) is 3.86. The second-order valence-corrected chi connectivity index (χ2v) is 7.97. The van der Waals surface area contributed by atoms with E-state index in [0.717, 1.165) is 43.5 Å². The number of nitrogens with zero attached hydrogens (tertiary/aromatic N) is 4. The zero-order chi connectivity index (χ0) is 21.5. The van der Waals surface area contributed by atoms with Crippen LogP contribution in [0.4, 0.5) is 5.69 Å². The van der Waals surface area contributed by atoms with E-state index in [1.165, 1.54) is 5.56 Å². The van der Waals surface area contributed by atoms with Crippen molar-refractivity contribution in [3.8, 4) is 0 Å². The van der Waals surface area contributed by atoms with Crippen molar-refractivity contribution in [3.05, 3.63) is 83.9 Å². The molecule has 160 valence electrons. The number of rotatable bonds is 9. The molecule has 6 heteroatoms. The summed E-state index contributed by atoms with van der Waals surface area (Å²) in [6.07, 6.45) is 11.0. The topological polar surface area (TPSA) is 62.5 Å². The highest BCUT2D eigenvalue weighted by Gasteiger charge is 2.21. The molecule has 0 spiro atoms. The number of carbonyl (C=O) groups is 1. The Kier molecular flexibility index (Phi) is 6.77. The largest absolute Gasteiger partial charge is 0.352 e. The van der Waals surface area contributed by atoms with E-state index in [9.17, 15) is 4.79 Å². The lowest BCUT2D eigenvalue weighted by molar-refractivity contribution is 0.0952. The van der Waals surface area contributed by atoms with Crippen LogP contribution in [-0.2, 0) is 19.4 Å². The molecule has 1 aliphatic rings. The van der Waals surface area contributed by atoms with Crippen LogP contribution in [0.15, 0.2) is 72.4 Å². The number of aromatic nitrogens is 2. The average molecular weight is 416 g/mol. The number of anilines is 1. The second-order valence-electron chi connectivity index (χ2n) is 7.97. The summed E-state index contributed by atoms with van der Waals surface area (Å²) in [5.74, 6) is -0.0314. The maximum atomic E-state index is 12.8. The molecule has 1 aromatic heterocycles. The number of aryl methyl sites for hydroxylation is 3. The van der Waals surface area contributed by atoms with Crippen molar-refractivity contribution in [2.24, 2.45) is 5.10 Å². The zero-order valence-electron chi connectivity index (χ0n) is 17.9. The first kappa shape index (κ1) is 20.8. The number of nitrogens with one attached hydrogen (secondary N) is 1. The van der Waals surface area contributed by atoms with Gasteiger partial charge < -0.3 is 9.88 Å². The van der Waals surface area contributed by atoms with Crippen LogP contribution < -0.4 is 10.3 Å². The highest BCUT2D eigenvalue weighted by atomic mass is 16.1. The summed E-state index contributed by atoms with van der Waals surface area (Å²) in [6.45, 7) is 3.65. The van der Waals surface area contributed by atoms with Crippen molar-refractivity contribution in [3.63, 3.8) is 0 Å². The molecular weight excluding hydrogens is 386 g/mol. The van der Waals surface area contributed by atoms with E-state index >= 15 is 0 Å². The van der Waals surface area contributed by atoms with Crippen molar-refractivity contribution in [1.82, 2.24) is 14.9 Å². The molecule has 0 saturated heterocycles. The maximum Gasteiger partial charge on any atom is 0.251 e. The quantitative estimate of drug-likeness (QED) is 0.536. The summed E-state index contributed by atoms with van der Waals surface area (Å²) in [5, 5.41) is 9.68. The highest BCUT2D eigenvalue weighted by Crippen LogP contribution is 2.28. The van der Waals surface area contributed by atoms with Crippen molar-refractivity contribution in [1.29, 1.82) is 0 Å². The molecule has 0 bridgehead atoms. The van der Waals surface area contributed by atoms with Gasteiger partial charge >= 0.3 is 0 Å². The van der Waals surface area contributed by atoms with Crippen LogP contribution in [0.2, 0.25) is 0 Å². The molecule has 1 aliphatic heterocycles. The van der Waals surface area contributed by atoms with E-state index < -0.39 is 0 Å². The minimum atomic E-state index is -0.0314. The Labute approximate surface area is 183 Å². The van der Waals surface area contributed by atoms with Gasteiger partial charge in [-0.2, -0.15) is 5.10 Å². The van der Waals surface area contributed by atoms with Gasteiger partial charge in [0, 0.05) is 43.7 Å². The van der Waals surface area contributed by atoms with E-state index in [1.54, 1.807) is 12.5 Å². The predicted molar refractivity (Wildman–Crippen MR) is 125 cm³/mol. The van der Waals surface area contributed by atoms with E-state index in [-0.39, 0.29) is 5.91 Å². The first-order valence-electron chi connectivity index (χ1n) is 10.9. The minimum Gasteiger partial charge on any atom is -0.352 e. The Morgan fingerprint density at radius 1 is 1.16 bits per heavy atom. The standard InChI is InChI=1S/C25H29N5O/c1-20-12-14-28-30(20)24-11-10-23(18-22(24)9-8-21-6-3-2-4-7-21)25(31)27-13-5-16-29-17-15-26-19-29/h2-4,6-7,10-11,14-15,17-20H,5,8-9,12-13,16H2,1H3,(H,27,31). The first-order valence-corrected chi connectivity index (χ1v) is 10.9. The molecule has 0 radical (unpaired) electrons. The van der Waals surface area contributed by atoms with Gasteiger partial charge in [-0.25, -0.2) is 4.98 Å². The van der Waals surface area contributed by atoms with Crippen LogP contribution in [-0.4, -0.2) is 34.3 Å². The van der Waals surface area contributed by atoms with Gasteiger partial charge in [0.1, 0.15) is 0 Å². The fourth-order valence-corrected chi connectivity index (χ4v) is 3.86. The van der Waals surface area contributed by atoms with Crippen molar-refractivity contribution < 1.29 is 4.79 Å². The van der Waals surface area contributed by atoms with Crippen LogP contribution in [0, 0.1) is 0 Å². The molecule has 2 heterocycles. The third kappa shape index (κ3) is 5.40. The van der Waals surface area contributed by atoms with Gasteiger partial charge in [0.05, 0.1) is 18.1 Å². The molecule has 0 fully saturated rings. The lowest BCUT2D eigenvalue weighted by Crippen LogP contribution is -2.26. The third-order valence-corrected chi connectivity index (χ3v) is 5.62. The summed E-state index contributed by atoms with van der Waals surface area (Å²) in [5.41, 5.74) is 4.24. The molecule has 1 amide bonds. The summed E-state index contributed by atoms with van der Waals surface area (Å²) < 4.78 is 2.01. The van der Waals surface area contributed by atoms with E-state index in [0.29, 0.717) is 18.2 Å². The van der Waals surface area contributed by atoms with Gasteiger partial charge in [-0.05, 0) is 55.5 Å². The fraction of sp³-hybridized carbons (Fsp3) is 0.320. The number of benzene rings is 2. The Bertz CT molecular complexity index is 1010. The Balaban J connectivity index is 1.44. The maximum absolute atomic E-state index is 12.8. The monoisotopic (exact) mass is 415 g/mol. The molecule has 3 aromatic rings. The minimum absolute atomic E-state index is 0.0314. The summed E-state index contributed by atoms with van der Waals surface area (Å²) in [4.78, 5) is 16.8. The molecule has 2 aromatic carbocycles. The van der Waals surface area contributed by atoms with Crippen LogP contribution >= 0.6 is 0 Å². The molecule has 31 heavy (non-hydrogen) atoms. The van der Waals surface area contributed by atoms with Gasteiger partial charge in [-0.15, -0.1) is 0 Å². The predicted octanol–water partition coefficient (Wildman–Crippen LogP) is 4.07. The van der Waals surface area contributed by atoms with Crippen molar-refractivity contribution in [2.45, 2.75) is 45.2 Å². The number of carbonyl (C=O) groups excluding carboxylic acids is 1. The van der Waals surface area contributed by atoms with Gasteiger partial charge in [-0.3, -0.25) is 9.80 Å². The first-order chi connectivity index (χ1) is 15.2. The number of imidazole rings is 1. The summed E-state index contributed by atoms with van der Waals surface area (Å²) in [7, 11) is 0. The Hall–Kier alpha value is -3.41. The van der Waals surface area contributed by atoms with E-state index in [1.807, 2.05) is 41.2 Å². The number of amides is 1. The summed E-state index contributed by atoms with van der Waals surface area (Å²) >= 11 is 0. The second kappa shape index (κ2) is 10.1. The lowest BCUT2D eigenvalue weighted by Gasteiger charge is -2.24. The highest BCUT2D eigenvalue weighted by molar-refractivity contribution is 5.95. The van der Waals surface area contributed by atoms with Gasteiger partial charge in [0.15, 0.2) is 0 Å². The van der Waals surface area contributed by atoms with Gasteiger partial charge in [0.25, 0.3) is 5.91 Å². The normalized spacial score (nSPS) is 15.4. The van der Waals surface area contributed by atoms with Crippen LogP contribution in [0.1, 0.15) is 41.3 Å². The Morgan fingerprint density at radius 3 is 2.77 bits per heavy atom. The SMILES string of the molecule is CC1CC=NN1c1ccc(C(=O)NCCCn2ccnc2)cc1CCc1ccccc1. The molecule has 6 nitrogen and oxygen atoms in total. The average Bonchev–Trinajstić information content (AvgIpc) is 3.47. The number of hydrazone groups is 1. The van der Waals surface area contributed by atoms with E-state index in [2.05, 4.69) is 51.6 Å². The van der Waals surface area contributed by atoms with Crippen molar-refractivity contribution in [2.75, 3.05) is 11.6 Å². The number of hydrogen-bond acceptors (Lipinski definition) is 4. The molecule has 0 saturated carbocycles. The smallest absolute Gasteiger partial charge is 0.251 e. The van der Waals surface area contributed by atoms with Crippen LogP contribution in [0.5, 0.6) is 0 Å². The number of hydrogen-bond donors (Lipinski definition) is 1. The zero-order valence-corrected chi connectivity index (χ0v) is 17.9. The van der Waals surface area contributed by atoms with Crippen molar-refractivity contribution >= 4 is 17.8 Å². The summed E-state index contributed by atoms with van der Waals surface area (Å²) in [6, 6.07) is 16.8. The van der Waals surface area contributed by atoms with Gasteiger partial charge in [0.2, 0.25) is 0 Å². The molecule has 1 N–H and O–H groups in total. The van der Waals surface area contributed by atoms with Crippen LogP contribution in [0.25, 0.3) is 0 Å². The molecule has 0 aliphatic carbocycles. The lowest BCUT2D eigenvalue weighted by atomic mass is 9.99. The molecular formula is C25H29N5O. The van der Waals surface area contributed by atoms with Crippen LogP contribution in [0.3, 0.4) is 0 Å². The van der Waals surface area contributed by atoms with Gasteiger partial charge in [-0.1, -0.05) is 30.3 Å². The molecule has 4 rings (SSSR count). The molecule has 1 atom stereocenters. The van der Waals surface area contributed by atoms with E-state index in [4.69, 9.17) is 0 Å². The third-order valence-electron chi connectivity index (χ3n) is 5.62. The molecule has 1 unspecified atom stereocenters. The Morgan fingerprint density at radius 2 is 2.03 bits per heavy atom.